The van der Waals surface area contributed by atoms with E-state index in [1.54, 1.807) is 53.4 Å². The molecule has 1 amide bonds. The van der Waals surface area contributed by atoms with Crippen LogP contribution in [0.4, 0.5) is 5.69 Å². The molecule has 0 aromatic heterocycles. The van der Waals surface area contributed by atoms with E-state index >= 15 is 0 Å². The van der Waals surface area contributed by atoms with Gasteiger partial charge in [-0.3, -0.25) is 4.79 Å². The molecule has 0 saturated carbocycles. The highest BCUT2D eigenvalue weighted by atomic mass is 16.6. The van der Waals surface area contributed by atoms with E-state index in [9.17, 15) is 9.59 Å². The van der Waals surface area contributed by atoms with Crippen LogP contribution in [0, 0.1) is 0 Å². The Labute approximate surface area is 134 Å². The largest absolute Gasteiger partial charge is 0.493 e. The number of nitrogens with zero attached hydrogens (tertiary/aromatic N) is 1. The van der Waals surface area contributed by atoms with Gasteiger partial charge in [0.25, 0.3) is 0 Å². The van der Waals surface area contributed by atoms with E-state index in [0.29, 0.717) is 23.5 Å². The average molecular weight is 311 g/mol. The highest BCUT2D eigenvalue weighted by Gasteiger charge is 2.22. The van der Waals surface area contributed by atoms with E-state index < -0.39 is 5.97 Å². The number of para-hydroxylation sites is 2. The molecule has 1 aliphatic heterocycles. The summed E-state index contributed by atoms with van der Waals surface area (Å²) in [5.41, 5.74) is 1.23. The van der Waals surface area contributed by atoms with E-state index in [4.69, 9.17) is 9.47 Å². The molecule has 118 valence electrons. The first-order chi connectivity index (χ1) is 11.2. The molecule has 1 fully saturated rings. The summed E-state index contributed by atoms with van der Waals surface area (Å²) < 4.78 is 10.5. The third kappa shape index (κ3) is 3.18. The van der Waals surface area contributed by atoms with E-state index in [0.717, 1.165) is 18.7 Å². The van der Waals surface area contributed by atoms with Gasteiger partial charge >= 0.3 is 5.97 Å². The van der Waals surface area contributed by atoms with Crippen molar-refractivity contribution in [1.29, 1.82) is 0 Å². The van der Waals surface area contributed by atoms with E-state index in [1.807, 2.05) is 0 Å². The van der Waals surface area contributed by atoms with Crippen molar-refractivity contribution in [2.24, 2.45) is 0 Å². The minimum Gasteiger partial charge on any atom is -0.493 e. The lowest BCUT2D eigenvalue weighted by Crippen LogP contribution is -2.23. The van der Waals surface area contributed by atoms with Crippen LogP contribution in [-0.4, -0.2) is 25.5 Å². The lowest BCUT2D eigenvalue weighted by molar-refractivity contribution is -0.117. The highest BCUT2D eigenvalue weighted by molar-refractivity contribution is 5.96. The van der Waals surface area contributed by atoms with Crippen LogP contribution in [0.3, 0.4) is 0 Å². The number of methoxy groups -OCH3 is 1. The number of amides is 1. The fourth-order valence-corrected chi connectivity index (χ4v) is 2.56. The van der Waals surface area contributed by atoms with Crippen molar-refractivity contribution in [3.8, 4) is 11.5 Å². The Morgan fingerprint density at radius 1 is 1.04 bits per heavy atom. The standard InChI is InChI=1S/C18H17NO4/c1-22-15-5-2-3-6-16(15)23-18(21)13-8-10-14(11-9-13)19-12-4-7-17(19)20/h2-3,5-6,8-11H,4,7,12H2,1H3. The molecule has 2 aromatic rings. The third-order valence-corrected chi connectivity index (χ3v) is 3.76. The van der Waals surface area contributed by atoms with Crippen LogP contribution in [0.1, 0.15) is 23.2 Å². The monoisotopic (exact) mass is 311 g/mol. The maximum Gasteiger partial charge on any atom is 0.343 e. The Morgan fingerprint density at radius 2 is 1.74 bits per heavy atom. The molecule has 0 N–H and O–H groups in total. The lowest BCUT2D eigenvalue weighted by atomic mass is 10.2. The maximum atomic E-state index is 12.2. The molecule has 1 saturated heterocycles. The summed E-state index contributed by atoms with van der Waals surface area (Å²) in [6.07, 6.45) is 1.45. The zero-order valence-corrected chi connectivity index (χ0v) is 12.8. The van der Waals surface area contributed by atoms with E-state index in [2.05, 4.69) is 0 Å². The predicted octanol–water partition coefficient (Wildman–Crippen LogP) is 3.04. The summed E-state index contributed by atoms with van der Waals surface area (Å²) in [7, 11) is 1.52. The van der Waals surface area contributed by atoms with Crippen molar-refractivity contribution in [2.45, 2.75) is 12.8 Å². The average Bonchev–Trinajstić information content (AvgIpc) is 3.01. The highest BCUT2D eigenvalue weighted by Crippen LogP contribution is 2.27. The summed E-state index contributed by atoms with van der Waals surface area (Å²) in [6, 6.07) is 13.8. The molecule has 0 bridgehead atoms. The smallest absolute Gasteiger partial charge is 0.343 e. The van der Waals surface area contributed by atoms with E-state index in [1.165, 1.54) is 7.11 Å². The van der Waals surface area contributed by atoms with Gasteiger partial charge in [-0.15, -0.1) is 0 Å². The number of esters is 1. The Balaban J connectivity index is 1.74. The quantitative estimate of drug-likeness (QED) is 0.643. The first-order valence-corrected chi connectivity index (χ1v) is 7.44. The first kappa shape index (κ1) is 15.1. The second kappa shape index (κ2) is 6.52. The van der Waals surface area contributed by atoms with Crippen LogP contribution in [-0.2, 0) is 4.79 Å². The minimum atomic E-state index is -0.464. The van der Waals surface area contributed by atoms with Crippen LogP contribution in [0.2, 0.25) is 0 Å². The van der Waals surface area contributed by atoms with Gasteiger partial charge < -0.3 is 14.4 Å². The van der Waals surface area contributed by atoms with Gasteiger partial charge in [0.05, 0.1) is 12.7 Å². The number of ether oxygens (including phenoxy) is 2. The Hall–Kier alpha value is -2.82. The maximum absolute atomic E-state index is 12.2. The fraction of sp³-hybridized carbons (Fsp3) is 0.222. The molecule has 5 nitrogen and oxygen atoms in total. The molecule has 23 heavy (non-hydrogen) atoms. The van der Waals surface area contributed by atoms with Gasteiger partial charge in [-0.2, -0.15) is 0 Å². The number of hydrogen-bond donors (Lipinski definition) is 0. The molecule has 5 heteroatoms. The third-order valence-electron chi connectivity index (χ3n) is 3.76. The SMILES string of the molecule is COc1ccccc1OC(=O)c1ccc(N2CCCC2=O)cc1. The number of rotatable bonds is 4. The summed E-state index contributed by atoms with van der Waals surface area (Å²) in [5.74, 6) is 0.530. The molecule has 3 rings (SSSR count). The van der Waals surface area contributed by atoms with Gasteiger partial charge in [-0.1, -0.05) is 12.1 Å². The molecular formula is C18H17NO4. The minimum absolute atomic E-state index is 0.120. The molecule has 1 heterocycles. The van der Waals surface area contributed by atoms with Crippen LogP contribution in [0.15, 0.2) is 48.5 Å². The van der Waals surface area contributed by atoms with Crippen molar-refractivity contribution in [3.63, 3.8) is 0 Å². The van der Waals surface area contributed by atoms with Gasteiger partial charge in [-0.05, 0) is 42.8 Å². The second-order valence-electron chi connectivity index (χ2n) is 5.24. The van der Waals surface area contributed by atoms with Crippen molar-refractivity contribution in [1.82, 2.24) is 0 Å². The molecule has 1 aliphatic rings. The van der Waals surface area contributed by atoms with Gasteiger partial charge in [0, 0.05) is 18.7 Å². The van der Waals surface area contributed by atoms with Crippen molar-refractivity contribution in [3.05, 3.63) is 54.1 Å². The van der Waals surface area contributed by atoms with Gasteiger partial charge in [-0.25, -0.2) is 4.79 Å². The van der Waals surface area contributed by atoms with Crippen LogP contribution in [0.5, 0.6) is 11.5 Å². The molecule has 0 spiro atoms. The van der Waals surface area contributed by atoms with Crippen molar-refractivity contribution < 1.29 is 19.1 Å². The van der Waals surface area contributed by atoms with Gasteiger partial charge in [0.2, 0.25) is 5.91 Å². The van der Waals surface area contributed by atoms with Crippen LogP contribution < -0.4 is 14.4 Å². The summed E-state index contributed by atoms with van der Waals surface area (Å²) in [6.45, 7) is 0.726. The van der Waals surface area contributed by atoms with Crippen molar-refractivity contribution in [2.75, 3.05) is 18.6 Å². The zero-order valence-electron chi connectivity index (χ0n) is 12.8. The molecule has 0 radical (unpaired) electrons. The van der Waals surface area contributed by atoms with Crippen LogP contribution >= 0.6 is 0 Å². The number of anilines is 1. The summed E-state index contributed by atoms with van der Waals surface area (Å²) in [4.78, 5) is 25.7. The van der Waals surface area contributed by atoms with Crippen LogP contribution in [0.25, 0.3) is 0 Å². The number of benzene rings is 2. The molecule has 0 aliphatic carbocycles. The number of carbonyl (C=O) groups is 2. The number of carbonyl (C=O) groups excluding carboxylic acids is 2. The summed E-state index contributed by atoms with van der Waals surface area (Å²) in [5, 5.41) is 0. The van der Waals surface area contributed by atoms with Crippen molar-refractivity contribution >= 4 is 17.6 Å². The molecule has 0 unspecified atom stereocenters. The summed E-state index contributed by atoms with van der Waals surface area (Å²) >= 11 is 0. The second-order valence-corrected chi connectivity index (χ2v) is 5.24. The Bertz CT molecular complexity index is 724. The molecule has 2 aromatic carbocycles. The topological polar surface area (TPSA) is 55.8 Å². The molecular weight excluding hydrogens is 294 g/mol. The first-order valence-electron chi connectivity index (χ1n) is 7.44. The lowest BCUT2D eigenvalue weighted by Gasteiger charge is -2.15. The normalized spacial score (nSPS) is 14.0. The van der Waals surface area contributed by atoms with Gasteiger partial charge in [0.15, 0.2) is 11.5 Å². The molecule has 0 atom stereocenters. The van der Waals surface area contributed by atoms with E-state index in [-0.39, 0.29) is 5.91 Å². The predicted molar refractivity (Wildman–Crippen MR) is 86.0 cm³/mol. The Morgan fingerprint density at radius 3 is 2.35 bits per heavy atom. The Kier molecular flexibility index (Phi) is 4.28. The fourth-order valence-electron chi connectivity index (χ4n) is 2.56. The number of hydrogen-bond acceptors (Lipinski definition) is 4. The van der Waals surface area contributed by atoms with Gasteiger partial charge in [0.1, 0.15) is 0 Å². The zero-order chi connectivity index (χ0) is 16.2.